The van der Waals surface area contributed by atoms with E-state index in [1.54, 1.807) is 19.1 Å². The van der Waals surface area contributed by atoms with Crippen molar-refractivity contribution in [1.29, 1.82) is 0 Å². The molecule has 0 spiro atoms. The fourth-order valence-corrected chi connectivity index (χ4v) is 2.75. The van der Waals surface area contributed by atoms with Crippen molar-refractivity contribution >= 4 is 0 Å². The van der Waals surface area contributed by atoms with Crippen molar-refractivity contribution in [2.45, 2.75) is 44.3 Å². The number of aryl methyl sites for hydroxylation is 1. The molecule has 2 atom stereocenters. The number of alkyl halides is 3. The summed E-state index contributed by atoms with van der Waals surface area (Å²) in [5, 5.41) is 0. The number of hydrogen-bond acceptors (Lipinski definition) is 1. The van der Waals surface area contributed by atoms with Gasteiger partial charge in [-0.15, -0.1) is 0 Å². The third-order valence-electron chi connectivity index (χ3n) is 4.00. The average Bonchev–Trinajstić information content (AvgIpc) is 2.31. The lowest BCUT2D eigenvalue weighted by molar-refractivity contribution is -0.187. The molecule has 0 saturated heterocycles. The summed E-state index contributed by atoms with van der Waals surface area (Å²) in [6.45, 7) is 1.61. The molecule has 0 aromatic heterocycles. The summed E-state index contributed by atoms with van der Waals surface area (Å²) in [4.78, 5) is 0. The SMILES string of the molecule is Cc1ccc(C2(N)CCCC(C(F)(F)F)C2)cc1F. The highest BCUT2D eigenvalue weighted by molar-refractivity contribution is 5.29. The molecular formula is C14H17F4N. The van der Waals surface area contributed by atoms with Gasteiger partial charge in [-0.25, -0.2) is 4.39 Å². The molecule has 1 saturated carbocycles. The lowest BCUT2D eigenvalue weighted by Crippen LogP contribution is -2.44. The molecule has 2 rings (SSSR count). The standard InChI is InChI=1S/C14H17F4N/c1-9-4-5-10(7-12(9)15)13(19)6-2-3-11(8-13)14(16,17)18/h4-5,7,11H,2-3,6,8,19H2,1H3. The molecule has 5 heteroatoms. The highest BCUT2D eigenvalue weighted by Gasteiger charge is 2.46. The van der Waals surface area contributed by atoms with Crippen molar-refractivity contribution in [2.75, 3.05) is 0 Å². The molecule has 1 aromatic carbocycles. The number of rotatable bonds is 1. The van der Waals surface area contributed by atoms with Crippen LogP contribution in [0, 0.1) is 18.7 Å². The molecule has 1 aromatic rings. The smallest absolute Gasteiger partial charge is 0.321 e. The summed E-state index contributed by atoms with van der Waals surface area (Å²) in [7, 11) is 0. The highest BCUT2D eigenvalue weighted by Crippen LogP contribution is 2.44. The Morgan fingerprint density at radius 3 is 2.58 bits per heavy atom. The van der Waals surface area contributed by atoms with E-state index in [4.69, 9.17) is 5.73 Å². The van der Waals surface area contributed by atoms with E-state index in [0.29, 0.717) is 24.0 Å². The summed E-state index contributed by atoms with van der Waals surface area (Å²) in [5.74, 6) is -1.81. The lowest BCUT2D eigenvalue weighted by atomic mass is 9.72. The highest BCUT2D eigenvalue weighted by atomic mass is 19.4. The molecule has 106 valence electrons. The molecule has 0 radical (unpaired) electrons. The van der Waals surface area contributed by atoms with Crippen molar-refractivity contribution in [3.8, 4) is 0 Å². The molecular weight excluding hydrogens is 258 g/mol. The van der Waals surface area contributed by atoms with Crippen LogP contribution in [0.3, 0.4) is 0 Å². The third kappa shape index (κ3) is 2.91. The van der Waals surface area contributed by atoms with Crippen LogP contribution in [0.4, 0.5) is 17.6 Å². The van der Waals surface area contributed by atoms with Crippen molar-refractivity contribution in [1.82, 2.24) is 0 Å². The van der Waals surface area contributed by atoms with Gasteiger partial charge in [0.2, 0.25) is 0 Å². The maximum atomic E-state index is 13.6. The first-order valence-corrected chi connectivity index (χ1v) is 6.34. The fraction of sp³-hybridized carbons (Fsp3) is 0.571. The Morgan fingerprint density at radius 1 is 1.32 bits per heavy atom. The van der Waals surface area contributed by atoms with E-state index in [2.05, 4.69) is 0 Å². The first-order valence-electron chi connectivity index (χ1n) is 6.34. The third-order valence-corrected chi connectivity index (χ3v) is 4.00. The molecule has 19 heavy (non-hydrogen) atoms. The van der Waals surface area contributed by atoms with Gasteiger partial charge in [0.25, 0.3) is 0 Å². The van der Waals surface area contributed by atoms with E-state index >= 15 is 0 Å². The second-order valence-corrected chi connectivity index (χ2v) is 5.45. The van der Waals surface area contributed by atoms with Crippen LogP contribution in [0.2, 0.25) is 0 Å². The lowest BCUT2D eigenvalue weighted by Gasteiger charge is -2.39. The quantitative estimate of drug-likeness (QED) is 0.769. The van der Waals surface area contributed by atoms with Crippen molar-refractivity contribution < 1.29 is 17.6 Å². The molecule has 0 aliphatic heterocycles. The van der Waals surface area contributed by atoms with Gasteiger partial charge in [-0.1, -0.05) is 18.6 Å². The normalized spacial score (nSPS) is 28.4. The van der Waals surface area contributed by atoms with Gasteiger partial charge in [-0.05, 0) is 43.4 Å². The van der Waals surface area contributed by atoms with Gasteiger partial charge < -0.3 is 5.73 Å². The number of nitrogens with two attached hydrogens (primary N) is 1. The van der Waals surface area contributed by atoms with Crippen molar-refractivity contribution in [3.05, 3.63) is 35.1 Å². The Kier molecular flexibility index (Phi) is 3.60. The Bertz CT molecular complexity index is 469. The second-order valence-electron chi connectivity index (χ2n) is 5.45. The molecule has 1 fully saturated rings. The second kappa shape index (κ2) is 4.78. The molecule has 2 N–H and O–H groups in total. The Labute approximate surface area is 109 Å². The molecule has 2 unspecified atom stereocenters. The minimum Gasteiger partial charge on any atom is -0.321 e. The van der Waals surface area contributed by atoms with Crippen LogP contribution in [-0.4, -0.2) is 6.18 Å². The van der Waals surface area contributed by atoms with E-state index < -0.39 is 23.5 Å². The van der Waals surface area contributed by atoms with Gasteiger partial charge in [0.15, 0.2) is 0 Å². The van der Waals surface area contributed by atoms with Gasteiger partial charge in [0.1, 0.15) is 5.82 Å². The minimum atomic E-state index is -4.23. The van der Waals surface area contributed by atoms with Crippen LogP contribution < -0.4 is 5.73 Å². The van der Waals surface area contributed by atoms with Crippen LogP contribution in [0.1, 0.15) is 36.8 Å². The number of hydrogen-bond donors (Lipinski definition) is 1. The topological polar surface area (TPSA) is 26.0 Å². The predicted molar refractivity (Wildman–Crippen MR) is 65.0 cm³/mol. The molecule has 1 nitrogen and oxygen atoms in total. The first kappa shape index (κ1) is 14.3. The van der Waals surface area contributed by atoms with Gasteiger partial charge in [0, 0.05) is 5.54 Å². The monoisotopic (exact) mass is 275 g/mol. The maximum Gasteiger partial charge on any atom is 0.391 e. The predicted octanol–water partition coefficient (Wildman–Crippen LogP) is 4.04. The Balaban J connectivity index is 2.28. The van der Waals surface area contributed by atoms with Crippen LogP contribution >= 0.6 is 0 Å². The summed E-state index contributed by atoms with van der Waals surface area (Å²) in [5.41, 5.74) is 5.97. The fourth-order valence-electron chi connectivity index (χ4n) is 2.75. The van der Waals surface area contributed by atoms with Gasteiger partial charge in [0.05, 0.1) is 5.92 Å². The van der Waals surface area contributed by atoms with Crippen molar-refractivity contribution in [2.24, 2.45) is 11.7 Å². The van der Waals surface area contributed by atoms with Gasteiger partial charge in [-0.2, -0.15) is 13.2 Å². The van der Waals surface area contributed by atoms with E-state index in [1.807, 2.05) is 0 Å². The average molecular weight is 275 g/mol. The van der Waals surface area contributed by atoms with Crippen LogP contribution in [0.5, 0.6) is 0 Å². The number of halogens is 4. The summed E-state index contributed by atoms with van der Waals surface area (Å²) in [6.07, 6.45) is -3.41. The molecule has 0 heterocycles. The summed E-state index contributed by atoms with van der Waals surface area (Å²) < 4.78 is 52.0. The van der Waals surface area contributed by atoms with Crippen LogP contribution in [0.25, 0.3) is 0 Å². The Morgan fingerprint density at radius 2 is 2.00 bits per heavy atom. The van der Waals surface area contributed by atoms with E-state index in [1.165, 1.54) is 6.07 Å². The summed E-state index contributed by atoms with van der Waals surface area (Å²) in [6, 6.07) is 4.47. The van der Waals surface area contributed by atoms with Crippen molar-refractivity contribution in [3.63, 3.8) is 0 Å². The largest absolute Gasteiger partial charge is 0.391 e. The zero-order valence-corrected chi connectivity index (χ0v) is 10.7. The molecule has 1 aliphatic rings. The summed E-state index contributed by atoms with van der Waals surface area (Å²) >= 11 is 0. The Hall–Kier alpha value is -1.10. The van der Waals surface area contributed by atoms with Crippen LogP contribution in [0.15, 0.2) is 18.2 Å². The van der Waals surface area contributed by atoms with Gasteiger partial charge >= 0.3 is 6.18 Å². The molecule has 0 amide bonds. The molecule has 1 aliphatic carbocycles. The van der Waals surface area contributed by atoms with E-state index in [9.17, 15) is 17.6 Å². The number of benzene rings is 1. The zero-order chi connectivity index (χ0) is 14.3. The maximum absolute atomic E-state index is 13.6. The molecule has 0 bridgehead atoms. The first-order chi connectivity index (χ1) is 8.72. The van der Waals surface area contributed by atoms with Crippen LogP contribution in [-0.2, 0) is 5.54 Å². The van der Waals surface area contributed by atoms with E-state index in [-0.39, 0.29) is 12.8 Å². The zero-order valence-electron chi connectivity index (χ0n) is 10.7. The van der Waals surface area contributed by atoms with Gasteiger partial charge in [-0.3, -0.25) is 0 Å². The minimum absolute atomic E-state index is 0.108. The van der Waals surface area contributed by atoms with E-state index in [0.717, 1.165) is 0 Å².